The van der Waals surface area contributed by atoms with Gasteiger partial charge in [0.15, 0.2) is 0 Å². The van der Waals surface area contributed by atoms with Crippen LogP contribution >= 0.6 is 11.3 Å². The first-order valence-electron chi connectivity index (χ1n) is 7.26. The molecule has 0 radical (unpaired) electrons. The normalized spacial score (nSPS) is 18.4. The minimum atomic E-state index is 0.607. The summed E-state index contributed by atoms with van der Waals surface area (Å²) in [6.45, 7) is 2.15. The summed E-state index contributed by atoms with van der Waals surface area (Å²) in [5, 5.41) is 5.88. The van der Waals surface area contributed by atoms with Gasteiger partial charge in [0.1, 0.15) is 5.01 Å². The fraction of sp³-hybridized carbons (Fsp3) is 0.375. The molecule has 0 bridgehead atoms. The van der Waals surface area contributed by atoms with Crippen molar-refractivity contribution in [3.63, 3.8) is 0 Å². The van der Waals surface area contributed by atoms with Crippen LogP contribution in [0.15, 0.2) is 30.3 Å². The number of imidazole rings is 1. The summed E-state index contributed by atoms with van der Waals surface area (Å²) in [7, 11) is 0. The van der Waals surface area contributed by atoms with Crippen molar-refractivity contribution in [2.45, 2.75) is 38.5 Å². The monoisotopic (exact) mass is 283 g/mol. The second kappa shape index (κ2) is 4.70. The van der Waals surface area contributed by atoms with E-state index in [1.165, 1.54) is 28.4 Å². The highest BCUT2D eigenvalue weighted by Crippen LogP contribution is 2.33. The number of fused-ring (bicyclic) bond motifs is 3. The summed E-state index contributed by atoms with van der Waals surface area (Å²) in [6, 6.07) is 10.8. The average Bonchev–Trinajstić information content (AvgIpc) is 3.04. The van der Waals surface area contributed by atoms with Crippen LogP contribution in [-0.4, -0.2) is 14.6 Å². The van der Waals surface area contributed by atoms with Crippen molar-refractivity contribution in [1.29, 1.82) is 0 Å². The van der Waals surface area contributed by atoms with E-state index in [1.54, 1.807) is 11.3 Å². The molecule has 1 aliphatic rings. The summed E-state index contributed by atoms with van der Waals surface area (Å²) in [5.41, 5.74) is 4.04. The Morgan fingerprint density at radius 3 is 2.95 bits per heavy atom. The maximum atomic E-state index is 4.77. The predicted octanol–water partition coefficient (Wildman–Crippen LogP) is 3.63. The van der Waals surface area contributed by atoms with Crippen LogP contribution in [0.25, 0.3) is 4.96 Å². The molecule has 1 aromatic carbocycles. The van der Waals surface area contributed by atoms with Gasteiger partial charge in [-0.05, 0) is 37.2 Å². The van der Waals surface area contributed by atoms with Gasteiger partial charge in [0, 0.05) is 0 Å². The van der Waals surface area contributed by atoms with Gasteiger partial charge in [0.05, 0.1) is 11.4 Å². The Morgan fingerprint density at radius 1 is 1.30 bits per heavy atom. The van der Waals surface area contributed by atoms with Crippen LogP contribution in [0, 0.1) is 0 Å². The van der Waals surface area contributed by atoms with Gasteiger partial charge < -0.3 is 0 Å². The van der Waals surface area contributed by atoms with Crippen LogP contribution in [0.3, 0.4) is 0 Å². The zero-order chi connectivity index (χ0) is 13.5. The lowest BCUT2D eigenvalue weighted by atomic mass is 9.84. The van der Waals surface area contributed by atoms with E-state index in [-0.39, 0.29) is 0 Å². The molecule has 0 N–H and O–H groups in total. The predicted molar refractivity (Wildman–Crippen MR) is 81.5 cm³/mol. The van der Waals surface area contributed by atoms with E-state index in [4.69, 9.17) is 10.1 Å². The molecule has 3 nitrogen and oxygen atoms in total. The molecule has 2 heterocycles. The minimum absolute atomic E-state index is 0.607. The molecule has 4 rings (SSSR count). The molecule has 1 unspecified atom stereocenters. The SMILES string of the molecule is CCc1nn2c3c(nc2s1)CCC(c1ccccc1)C3. The zero-order valence-corrected chi connectivity index (χ0v) is 12.4. The summed E-state index contributed by atoms with van der Waals surface area (Å²) < 4.78 is 2.09. The Morgan fingerprint density at radius 2 is 2.15 bits per heavy atom. The Hall–Kier alpha value is -1.68. The van der Waals surface area contributed by atoms with E-state index in [0.29, 0.717) is 5.92 Å². The van der Waals surface area contributed by atoms with Gasteiger partial charge in [0.25, 0.3) is 0 Å². The first-order chi connectivity index (χ1) is 9.85. The molecule has 0 saturated carbocycles. The van der Waals surface area contributed by atoms with Crippen molar-refractivity contribution in [3.8, 4) is 0 Å². The molecule has 0 fully saturated rings. The molecule has 0 amide bonds. The van der Waals surface area contributed by atoms with E-state index >= 15 is 0 Å². The van der Waals surface area contributed by atoms with E-state index in [1.807, 2.05) is 0 Å². The van der Waals surface area contributed by atoms with Gasteiger partial charge in [-0.25, -0.2) is 9.50 Å². The topological polar surface area (TPSA) is 30.2 Å². The van der Waals surface area contributed by atoms with Crippen LogP contribution in [0.2, 0.25) is 0 Å². The maximum absolute atomic E-state index is 4.77. The second-order valence-electron chi connectivity index (χ2n) is 5.40. The number of aryl methyl sites for hydroxylation is 2. The van der Waals surface area contributed by atoms with Gasteiger partial charge in [-0.3, -0.25) is 0 Å². The molecule has 1 atom stereocenters. The van der Waals surface area contributed by atoms with Crippen molar-refractivity contribution in [2.75, 3.05) is 0 Å². The molecule has 1 aliphatic carbocycles. The maximum Gasteiger partial charge on any atom is 0.212 e. The highest BCUT2D eigenvalue weighted by molar-refractivity contribution is 7.16. The van der Waals surface area contributed by atoms with Crippen LogP contribution in [-0.2, 0) is 19.3 Å². The van der Waals surface area contributed by atoms with Crippen LogP contribution < -0.4 is 0 Å². The Kier molecular flexibility index (Phi) is 2.84. The molecule has 3 aromatic rings. The van der Waals surface area contributed by atoms with Gasteiger partial charge >= 0.3 is 0 Å². The van der Waals surface area contributed by atoms with Crippen molar-refractivity contribution in [1.82, 2.24) is 14.6 Å². The van der Waals surface area contributed by atoms with Crippen molar-refractivity contribution >= 4 is 16.3 Å². The van der Waals surface area contributed by atoms with Crippen LogP contribution in [0.5, 0.6) is 0 Å². The van der Waals surface area contributed by atoms with Gasteiger partial charge in [-0.2, -0.15) is 5.10 Å². The van der Waals surface area contributed by atoms with Gasteiger partial charge in [0.2, 0.25) is 4.96 Å². The highest BCUT2D eigenvalue weighted by Gasteiger charge is 2.25. The first kappa shape index (κ1) is 12.1. The quantitative estimate of drug-likeness (QED) is 0.719. The molecule has 0 aliphatic heterocycles. The molecule has 102 valence electrons. The third-order valence-electron chi connectivity index (χ3n) is 4.16. The van der Waals surface area contributed by atoms with E-state index in [0.717, 1.165) is 24.2 Å². The number of aromatic nitrogens is 3. The van der Waals surface area contributed by atoms with E-state index in [9.17, 15) is 0 Å². The highest BCUT2D eigenvalue weighted by atomic mass is 32.1. The molecule has 2 aromatic heterocycles. The third kappa shape index (κ3) is 1.86. The number of benzene rings is 1. The molecular formula is C16H17N3S. The van der Waals surface area contributed by atoms with Crippen LogP contribution in [0.1, 0.15) is 41.2 Å². The summed E-state index contributed by atoms with van der Waals surface area (Å²) in [4.78, 5) is 5.84. The summed E-state index contributed by atoms with van der Waals surface area (Å²) >= 11 is 1.73. The Bertz CT molecular complexity index is 742. The largest absolute Gasteiger partial charge is 0.222 e. The number of rotatable bonds is 2. The fourth-order valence-corrected chi connectivity index (χ4v) is 3.95. The lowest BCUT2D eigenvalue weighted by molar-refractivity contribution is 0.561. The minimum Gasteiger partial charge on any atom is -0.222 e. The van der Waals surface area contributed by atoms with Crippen LogP contribution in [0.4, 0.5) is 0 Å². The first-order valence-corrected chi connectivity index (χ1v) is 8.08. The molecule has 4 heteroatoms. The Balaban J connectivity index is 1.74. The van der Waals surface area contributed by atoms with E-state index < -0.39 is 0 Å². The lowest BCUT2D eigenvalue weighted by Gasteiger charge is -2.21. The third-order valence-corrected chi connectivity index (χ3v) is 5.22. The average molecular weight is 283 g/mol. The molecular weight excluding hydrogens is 266 g/mol. The smallest absolute Gasteiger partial charge is 0.212 e. The molecule has 0 spiro atoms. The number of hydrogen-bond donors (Lipinski definition) is 0. The number of hydrogen-bond acceptors (Lipinski definition) is 3. The van der Waals surface area contributed by atoms with Crippen molar-refractivity contribution in [2.24, 2.45) is 0 Å². The Labute approximate surface area is 122 Å². The molecule has 0 saturated heterocycles. The van der Waals surface area contributed by atoms with E-state index in [2.05, 4.69) is 41.8 Å². The summed E-state index contributed by atoms with van der Waals surface area (Å²) in [5.74, 6) is 0.607. The van der Waals surface area contributed by atoms with Crippen molar-refractivity contribution in [3.05, 3.63) is 52.3 Å². The zero-order valence-electron chi connectivity index (χ0n) is 11.5. The van der Waals surface area contributed by atoms with Gasteiger partial charge in [-0.1, -0.05) is 48.6 Å². The van der Waals surface area contributed by atoms with Gasteiger partial charge in [-0.15, -0.1) is 0 Å². The van der Waals surface area contributed by atoms with Crippen molar-refractivity contribution < 1.29 is 0 Å². The molecule has 20 heavy (non-hydrogen) atoms. The lowest BCUT2D eigenvalue weighted by Crippen LogP contribution is -2.14. The summed E-state index contributed by atoms with van der Waals surface area (Å²) in [6.07, 6.45) is 4.33. The number of nitrogens with zero attached hydrogens (tertiary/aromatic N) is 3. The standard InChI is InChI=1S/C16H17N3S/c1-2-15-18-19-14-10-12(11-6-4-3-5-7-11)8-9-13(14)17-16(19)20-15/h3-7,12H,2,8-10H2,1H3. The fourth-order valence-electron chi connectivity index (χ4n) is 3.08. The second-order valence-corrected chi connectivity index (χ2v) is 6.44.